The minimum absolute atomic E-state index is 0.0538. The van der Waals surface area contributed by atoms with Gasteiger partial charge in [0.25, 0.3) is 0 Å². The highest BCUT2D eigenvalue weighted by Crippen LogP contribution is 2.17. The SMILES string of the molecule is CC(C)NC(=O)C(C)NC(=O)[C@H](N)C(C)(C)C. The monoisotopic (exact) mass is 243 g/mol. The third-order valence-electron chi connectivity index (χ3n) is 2.40. The molecule has 0 heterocycles. The maximum Gasteiger partial charge on any atom is 0.242 e. The molecule has 0 radical (unpaired) electrons. The number of hydrogen-bond acceptors (Lipinski definition) is 3. The van der Waals surface area contributed by atoms with Crippen LogP contribution in [-0.2, 0) is 9.59 Å². The van der Waals surface area contributed by atoms with Crippen molar-refractivity contribution >= 4 is 11.8 Å². The predicted octanol–water partition coefficient (Wildman–Crippen LogP) is 0.389. The van der Waals surface area contributed by atoms with Crippen molar-refractivity contribution in [1.82, 2.24) is 10.6 Å². The maximum absolute atomic E-state index is 11.8. The highest BCUT2D eigenvalue weighted by Gasteiger charge is 2.29. The highest BCUT2D eigenvalue weighted by atomic mass is 16.2. The zero-order valence-electron chi connectivity index (χ0n) is 11.6. The largest absolute Gasteiger partial charge is 0.352 e. The number of rotatable bonds is 4. The van der Waals surface area contributed by atoms with Gasteiger partial charge in [0.2, 0.25) is 11.8 Å². The van der Waals surface area contributed by atoms with Crippen molar-refractivity contribution in [2.24, 2.45) is 11.1 Å². The van der Waals surface area contributed by atoms with Crippen LogP contribution in [0, 0.1) is 5.41 Å². The van der Waals surface area contributed by atoms with E-state index in [0.717, 1.165) is 0 Å². The molecule has 5 nitrogen and oxygen atoms in total. The summed E-state index contributed by atoms with van der Waals surface area (Å²) in [5.74, 6) is -0.502. The number of hydrogen-bond donors (Lipinski definition) is 3. The Kier molecular flexibility index (Phi) is 5.61. The smallest absolute Gasteiger partial charge is 0.242 e. The van der Waals surface area contributed by atoms with Crippen LogP contribution < -0.4 is 16.4 Å². The van der Waals surface area contributed by atoms with Crippen LogP contribution in [0.2, 0.25) is 0 Å². The number of nitrogens with two attached hydrogens (primary N) is 1. The number of carbonyl (C=O) groups is 2. The normalized spacial score (nSPS) is 15.3. The summed E-state index contributed by atoms with van der Waals surface area (Å²) in [5.41, 5.74) is 5.48. The Bertz CT molecular complexity index is 282. The van der Waals surface area contributed by atoms with E-state index in [4.69, 9.17) is 5.73 Å². The Morgan fingerprint density at radius 2 is 1.47 bits per heavy atom. The molecule has 0 saturated heterocycles. The summed E-state index contributed by atoms with van der Waals surface area (Å²) in [7, 11) is 0. The molecule has 1 unspecified atom stereocenters. The van der Waals surface area contributed by atoms with Gasteiger partial charge in [-0.3, -0.25) is 9.59 Å². The lowest BCUT2D eigenvalue weighted by Gasteiger charge is -2.27. The van der Waals surface area contributed by atoms with Gasteiger partial charge >= 0.3 is 0 Å². The first kappa shape index (κ1) is 15.9. The third kappa shape index (κ3) is 5.68. The lowest BCUT2D eigenvalue weighted by Crippen LogP contribution is -2.54. The third-order valence-corrected chi connectivity index (χ3v) is 2.40. The van der Waals surface area contributed by atoms with Crippen molar-refractivity contribution in [2.45, 2.75) is 59.7 Å². The zero-order valence-corrected chi connectivity index (χ0v) is 11.6. The van der Waals surface area contributed by atoms with Crippen molar-refractivity contribution in [1.29, 1.82) is 0 Å². The van der Waals surface area contributed by atoms with E-state index >= 15 is 0 Å². The molecule has 2 amide bonds. The summed E-state index contributed by atoms with van der Waals surface area (Å²) < 4.78 is 0. The molecule has 0 saturated carbocycles. The summed E-state index contributed by atoms with van der Waals surface area (Å²) in [4.78, 5) is 23.4. The number of nitrogens with one attached hydrogen (secondary N) is 2. The topological polar surface area (TPSA) is 84.2 Å². The fourth-order valence-electron chi connectivity index (χ4n) is 1.17. The van der Waals surface area contributed by atoms with Crippen LogP contribution in [0.15, 0.2) is 0 Å². The fourth-order valence-corrected chi connectivity index (χ4v) is 1.17. The van der Waals surface area contributed by atoms with Crippen molar-refractivity contribution < 1.29 is 9.59 Å². The molecule has 0 fully saturated rings. The minimum Gasteiger partial charge on any atom is -0.352 e. The van der Waals surface area contributed by atoms with Crippen molar-refractivity contribution in [3.63, 3.8) is 0 Å². The quantitative estimate of drug-likeness (QED) is 0.668. The van der Waals surface area contributed by atoms with Crippen LogP contribution in [0.25, 0.3) is 0 Å². The first-order valence-electron chi connectivity index (χ1n) is 5.92. The molecule has 4 N–H and O–H groups in total. The van der Waals surface area contributed by atoms with E-state index in [1.54, 1.807) is 6.92 Å². The summed E-state index contributed by atoms with van der Waals surface area (Å²) in [6.45, 7) is 11.0. The molecule has 0 bridgehead atoms. The van der Waals surface area contributed by atoms with Crippen LogP contribution in [0.5, 0.6) is 0 Å². The second kappa shape index (κ2) is 6.00. The predicted molar refractivity (Wildman–Crippen MR) is 68.3 cm³/mol. The van der Waals surface area contributed by atoms with E-state index in [1.165, 1.54) is 0 Å². The van der Waals surface area contributed by atoms with Gasteiger partial charge in [-0.15, -0.1) is 0 Å². The van der Waals surface area contributed by atoms with Gasteiger partial charge in [0, 0.05) is 6.04 Å². The van der Waals surface area contributed by atoms with Gasteiger partial charge in [0.1, 0.15) is 6.04 Å². The highest BCUT2D eigenvalue weighted by molar-refractivity contribution is 5.89. The van der Waals surface area contributed by atoms with Gasteiger partial charge < -0.3 is 16.4 Å². The molecule has 0 aliphatic rings. The van der Waals surface area contributed by atoms with E-state index in [0.29, 0.717) is 0 Å². The van der Waals surface area contributed by atoms with E-state index < -0.39 is 12.1 Å². The van der Waals surface area contributed by atoms with E-state index in [1.807, 2.05) is 34.6 Å². The van der Waals surface area contributed by atoms with Crippen LogP contribution in [0.1, 0.15) is 41.5 Å². The Morgan fingerprint density at radius 1 is 1.00 bits per heavy atom. The molecule has 0 rings (SSSR count). The van der Waals surface area contributed by atoms with Crippen molar-refractivity contribution in [3.05, 3.63) is 0 Å². The molecule has 2 atom stereocenters. The average molecular weight is 243 g/mol. The molecule has 5 heteroatoms. The molecule has 0 aliphatic heterocycles. The Hall–Kier alpha value is -1.10. The first-order chi connectivity index (χ1) is 7.55. The summed E-state index contributed by atoms with van der Waals surface area (Å²) in [5, 5.41) is 5.35. The number of carbonyl (C=O) groups excluding carboxylic acids is 2. The summed E-state index contributed by atoms with van der Waals surface area (Å²) in [6, 6.07) is -1.15. The Balaban J connectivity index is 4.35. The molecular formula is C12H25N3O2. The second-order valence-corrected chi connectivity index (χ2v) is 5.74. The van der Waals surface area contributed by atoms with Gasteiger partial charge in [-0.1, -0.05) is 20.8 Å². The molecule has 100 valence electrons. The van der Waals surface area contributed by atoms with Crippen LogP contribution in [-0.4, -0.2) is 29.9 Å². The number of amides is 2. The maximum atomic E-state index is 11.8. The molecule has 0 aromatic heterocycles. The standard InChI is InChI=1S/C12H25N3O2/c1-7(2)14-10(16)8(3)15-11(17)9(13)12(4,5)6/h7-9H,13H2,1-6H3,(H,14,16)(H,15,17)/t8?,9-/m0/s1. The van der Waals surface area contributed by atoms with Crippen molar-refractivity contribution in [2.75, 3.05) is 0 Å². The van der Waals surface area contributed by atoms with E-state index in [-0.39, 0.29) is 23.3 Å². The van der Waals surface area contributed by atoms with Crippen LogP contribution in [0.4, 0.5) is 0 Å². The average Bonchev–Trinajstić information content (AvgIpc) is 2.13. The van der Waals surface area contributed by atoms with Gasteiger partial charge in [-0.25, -0.2) is 0 Å². The van der Waals surface area contributed by atoms with Crippen molar-refractivity contribution in [3.8, 4) is 0 Å². The van der Waals surface area contributed by atoms with Crippen LogP contribution >= 0.6 is 0 Å². The molecule has 0 aromatic rings. The van der Waals surface area contributed by atoms with E-state index in [9.17, 15) is 9.59 Å². The molecule has 0 aliphatic carbocycles. The Labute approximate surface area is 104 Å². The second-order valence-electron chi connectivity index (χ2n) is 5.74. The summed E-state index contributed by atoms with van der Waals surface area (Å²) >= 11 is 0. The zero-order chi connectivity index (χ0) is 13.8. The molecule has 0 aromatic carbocycles. The van der Waals surface area contributed by atoms with Gasteiger partial charge in [-0.2, -0.15) is 0 Å². The van der Waals surface area contributed by atoms with E-state index in [2.05, 4.69) is 10.6 Å². The fraction of sp³-hybridized carbons (Fsp3) is 0.833. The minimum atomic E-state index is -0.628. The van der Waals surface area contributed by atoms with Gasteiger partial charge in [-0.05, 0) is 26.2 Å². The lowest BCUT2D eigenvalue weighted by molar-refractivity contribution is -0.130. The van der Waals surface area contributed by atoms with Gasteiger partial charge in [0.05, 0.1) is 6.04 Å². The molecular weight excluding hydrogens is 218 g/mol. The van der Waals surface area contributed by atoms with Crippen LogP contribution in [0.3, 0.4) is 0 Å². The Morgan fingerprint density at radius 3 is 1.82 bits per heavy atom. The lowest BCUT2D eigenvalue weighted by atomic mass is 9.87. The van der Waals surface area contributed by atoms with Gasteiger partial charge in [0.15, 0.2) is 0 Å². The molecule has 0 spiro atoms. The molecule has 17 heavy (non-hydrogen) atoms. The summed E-state index contributed by atoms with van der Waals surface area (Å²) in [6.07, 6.45) is 0. The first-order valence-corrected chi connectivity index (χ1v) is 5.92.